The Morgan fingerprint density at radius 2 is 1.55 bits per heavy atom. The summed E-state index contributed by atoms with van der Waals surface area (Å²) in [6.07, 6.45) is 0. The van der Waals surface area contributed by atoms with E-state index >= 15 is 0 Å². The molecule has 156 valence electrons. The largest absolute Gasteiger partial charge is 0.493 e. The third-order valence-electron chi connectivity index (χ3n) is 5.08. The molecule has 2 aromatic rings. The van der Waals surface area contributed by atoms with E-state index in [1.54, 1.807) is 26.4 Å². The zero-order valence-corrected chi connectivity index (χ0v) is 17.7. The van der Waals surface area contributed by atoms with Crippen LogP contribution in [0.25, 0.3) is 0 Å². The van der Waals surface area contributed by atoms with Crippen molar-refractivity contribution in [1.29, 1.82) is 0 Å². The maximum absolute atomic E-state index is 12.9. The Labute approximate surface area is 171 Å². The number of Topliss-reactive ketones (excluding diaryl/α,β-unsaturated/α-hetero) is 1. The van der Waals surface area contributed by atoms with Gasteiger partial charge in [-0.15, -0.1) is 0 Å². The van der Waals surface area contributed by atoms with E-state index in [1.165, 1.54) is 23.4 Å². The third kappa shape index (κ3) is 4.77. The zero-order valence-electron chi connectivity index (χ0n) is 16.9. The molecular formula is C21H26N2O5S. The molecule has 8 heteroatoms. The number of benzene rings is 2. The van der Waals surface area contributed by atoms with Crippen LogP contribution in [0.2, 0.25) is 0 Å². The van der Waals surface area contributed by atoms with Gasteiger partial charge in [-0.1, -0.05) is 18.2 Å². The topological polar surface area (TPSA) is 76.2 Å². The van der Waals surface area contributed by atoms with E-state index in [-0.39, 0.29) is 10.7 Å². The predicted molar refractivity (Wildman–Crippen MR) is 110 cm³/mol. The zero-order chi connectivity index (χ0) is 21.0. The summed E-state index contributed by atoms with van der Waals surface area (Å²) in [6, 6.07) is 11.9. The average Bonchev–Trinajstić information content (AvgIpc) is 2.74. The minimum atomic E-state index is -3.56. The van der Waals surface area contributed by atoms with Crippen LogP contribution >= 0.6 is 0 Å². The normalized spacial score (nSPS) is 15.8. The maximum Gasteiger partial charge on any atom is 0.243 e. The fourth-order valence-electron chi connectivity index (χ4n) is 3.38. The number of piperazine rings is 1. The predicted octanol–water partition coefficient (Wildman–Crippen LogP) is 2.41. The average molecular weight is 419 g/mol. The van der Waals surface area contributed by atoms with E-state index in [0.717, 1.165) is 5.56 Å². The second-order valence-corrected chi connectivity index (χ2v) is 8.89. The quantitative estimate of drug-likeness (QED) is 0.643. The molecule has 7 nitrogen and oxygen atoms in total. The lowest BCUT2D eigenvalue weighted by molar-refractivity contribution is 0.101. The summed E-state index contributed by atoms with van der Waals surface area (Å²) in [4.78, 5) is 13.8. The van der Waals surface area contributed by atoms with Gasteiger partial charge >= 0.3 is 0 Å². The van der Waals surface area contributed by atoms with Crippen LogP contribution in [0.1, 0.15) is 22.8 Å². The van der Waals surface area contributed by atoms with Crippen LogP contribution in [-0.2, 0) is 16.6 Å². The molecule has 1 saturated heterocycles. The molecule has 29 heavy (non-hydrogen) atoms. The highest BCUT2D eigenvalue weighted by molar-refractivity contribution is 7.89. The van der Waals surface area contributed by atoms with Crippen LogP contribution in [0, 0.1) is 0 Å². The van der Waals surface area contributed by atoms with Crippen molar-refractivity contribution in [2.45, 2.75) is 18.4 Å². The number of ether oxygens (including phenoxy) is 2. The van der Waals surface area contributed by atoms with Gasteiger partial charge in [-0.3, -0.25) is 9.69 Å². The number of nitrogens with zero attached hydrogens (tertiary/aromatic N) is 2. The van der Waals surface area contributed by atoms with Crippen LogP contribution in [0.15, 0.2) is 47.4 Å². The lowest BCUT2D eigenvalue weighted by atomic mass is 10.1. The van der Waals surface area contributed by atoms with Crippen molar-refractivity contribution in [3.8, 4) is 11.5 Å². The van der Waals surface area contributed by atoms with E-state index < -0.39 is 10.0 Å². The van der Waals surface area contributed by atoms with Gasteiger partial charge in [0.15, 0.2) is 17.3 Å². The molecule has 3 rings (SSSR count). The first-order valence-corrected chi connectivity index (χ1v) is 10.8. The molecule has 0 unspecified atom stereocenters. The molecule has 0 saturated carbocycles. The van der Waals surface area contributed by atoms with Gasteiger partial charge in [0.2, 0.25) is 10.0 Å². The molecule has 0 atom stereocenters. The molecule has 1 aliphatic rings. The molecule has 1 heterocycles. The van der Waals surface area contributed by atoms with Gasteiger partial charge in [-0.2, -0.15) is 4.31 Å². The molecular weight excluding hydrogens is 392 g/mol. The van der Waals surface area contributed by atoms with Crippen molar-refractivity contribution in [3.05, 3.63) is 53.6 Å². The van der Waals surface area contributed by atoms with Crippen LogP contribution in [0.3, 0.4) is 0 Å². The molecule has 2 aromatic carbocycles. The minimum Gasteiger partial charge on any atom is -0.493 e. The van der Waals surface area contributed by atoms with Crippen LogP contribution in [-0.4, -0.2) is 63.8 Å². The third-order valence-corrected chi connectivity index (χ3v) is 7.00. The van der Waals surface area contributed by atoms with Gasteiger partial charge in [0.25, 0.3) is 0 Å². The lowest BCUT2D eigenvalue weighted by Crippen LogP contribution is -2.48. The minimum absolute atomic E-state index is 0.0854. The summed E-state index contributed by atoms with van der Waals surface area (Å²) in [5.74, 6) is 1.28. The van der Waals surface area contributed by atoms with Gasteiger partial charge in [-0.05, 0) is 36.8 Å². The van der Waals surface area contributed by atoms with Gasteiger partial charge < -0.3 is 9.47 Å². The van der Waals surface area contributed by atoms with Gasteiger partial charge in [0.05, 0.1) is 19.1 Å². The molecule has 0 aromatic heterocycles. The number of hydrogen-bond donors (Lipinski definition) is 0. The SMILES string of the molecule is COc1ccc(CN2CCN(S(=O)(=O)c3ccc(C(C)=O)cc3)CC2)cc1OC. The molecule has 0 spiro atoms. The fourth-order valence-corrected chi connectivity index (χ4v) is 4.80. The monoisotopic (exact) mass is 418 g/mol. The lowest BCUT2D eigenvalue weighted by Gasteiger charge is -2.34. The van der Waals surface area contributed by atoms with Crippen molar-refractivity contribution in [3.63, 3.8) is 0 Å². The number of methoxy groups -OCH3 is 2. The highest BCUT2D eigenvalue weighted by atomic mass is 32.2. The van der Waals surface area contributed by atoms with E-state index in [0.29, 0.717) is 49.8 Å². The van der Waals surface area contributed by atoms with E-state index in [2.05, 4.69) is 4.90 Å². The van der Waals surface area contributed by atoms with E-state index in [4.69, 9.17) is 9.47 Å². The summed E-state index contributed by atoms with van der Waals surface area (Å²) in [5.41, 5.74) is 1.59. The summed E-state index contributed by atoms with van der Waals surface area (Å²) in [5, 5.41) is 0. The first kappa shape index (κ1) is 21.3. The number of carbonyl (C=O) groups is 1. The first-order valence-electron chi connectivity index (χ1n) is 9.39. The Morgan fingerprint density at radius 3 is 2.10 bits per heavy atom. The van der Waals surface area contributed by atoms with Gasteiger partial charge in [0.1, 0.15) is 0 Å². The van der Waals surface area contributed by atoms with Crippen LogP contribution in [0.5, 0.6) is 11.5 Å². The maximum atomic E-state index is 12.9. The number of ketones is 1. The molecule has 0 radical (unpaired) electrons. The van der Waals surface area contributed by atoms with Crippen LogP contribution in [0.4, 0.5) is 0 Å². The molecule has 0 aliphatic carbocycles. The molecule has 0 bridgehead atoms. The Bertz CT molecular complexity index is 965. The van der Waals surface area contributed by atoms with Crippen molar-refractivity contribution in [2.24, 2.45) is 0 Å². The Kier molecular flexibility index (Phi) is 6.56. The Morgan fingerprint density at radius 1 is 0.931 bits per heavy atom. The number of carbonyl (C=O) groups excluding carboxylic acids is 1. The smallest absolute Gasteiger partial charge is 0.243 e. The van der Waals surface area contributed by atoms with Gasteiger partial charge in [0, 0.05) is 38.3 Å². The highest BCUT2D eigenvalue weighted by Gasteiger charge is 2.28. The Balaban J connectivity index is 1.63. The Hall–Kier alpha value is -2.42. The fraction of sp³-hybridized carbons (Fsp3) is 0.381. The van der Waals surface area contributed by atoms with Crippen molar-refractivity contribution >= 4 is 15.8 Å². The van der Waals surface area contributed by atoms with Crippen molar-refractivity contribution in [1.82, 2.24) is 9.21 Å². The summed E-state index contributed by atoms with van der Waals surface area (Å²) < 4.78 is 37.9. The van der Waals surface area contributed by atoms with Gasteiger partial charge in [-0.25, -0.2) is 8.42 Å². The van der Waals surface area contributed by atoms with Crippen LogP contribution < -0.4 is 9.47 Å². The van der Waals surface area contributed by atoms with E-state index in [1.807, 2.05) is 18.2 Å². The van der Waals surface area contributed by atoms with E-state index in [9.17, 15) is 13.2 Å². The van der Waals surface area contributed by atoms with Crippen molar-refractivity contribution < 1.29 is 22.7 Å². The first-order chi connectivity index (χ1) is 13.8. The summed E-state index contributed by atoms with van der Waals surface area (Å²) in [6.45, 7) is 4.29. The second kappa shape index (κ2) is 8.94. The van der Waals surface area contributed by atoms with Crippen molar-refractivity contribution in [2.75, 3.05) is 40.4 Å². The number of hydrogen-bond acceptors (Lipinski definition) is 6. The number of sulfonamides is 1. The molecule has 0 amide bonds. The standard InChI is InChI=1S/C21H26N2O5S/c1-16(24)18-5-7-19(8-6-18)29(25,26)23-12-10-22(11-13-23)15-17-4-9-20(27-2)21(14-17)28-3/h4-9,14H,10-13,15H2,1-3H3. The number of rotatable bonds is 7. The molecule has 1 aliphatic heterocycles. The summed E-state index contributed by atoms with van der Waals surface area (Å²) in [7, 11) is -0.354. The second-order valence-electron chi connectivity index (χ2n) is 6.95. The molecule has 0 N–H and O–H groups in total. The molecule has 1 fully saturated rings. The highest BCUT2D eigenvalue weighted by Crippen LogP contribution is 2.28. The summed E-state index contributed by atoms with van der Waals surface area (Å²) >= 11 is 0.